The summed E-state index contributed by atoms with van der Waals surface area (Å²) >= 11 is 0. The number of anilines is 1. The number of rotatable bonds is 6. The molecule has 0 bridgehead atoms. The van der Waals surface area contributed by atoms with E-state index in [1.54, 1.807) is 17.0 Å². The van der Waals surface area contributed by atoms with Crippen molar-refractivity contribution in [2.75, 3.05) is 11.4 Å². The van der Waals surface area contributed by atoms with Gasteiger partial charge in [-0.25, -0.2) is 8.42 Å². The van der Waals surface area contributed by atoms with Crippen molar-refractivity contribution in [3.05, 3.63) is 113 Å². The third kappa shape index (κ3) is 4.82. The number of benzene rings is 3. The maximum absolute atomic E-state index is 13.7. The lowest BCUT2D eigenvalue weighted by Gasteiger charge is -2.28. The Balaban J connectivity index is 1.50. The van der Waals surface area contributed by atoms with E-state index >= 15 is 0 Å². The number of amides is 1. The molecule has 0 saturated carbocycles. The van der Waals surface area contributed by atoms with Gasteiger partial charge in [0.1, 0.15) is 0 Å². The molecule has 1 amide bonds. The Bertz CT molecular complexity index is 1540. The molecule has 0 saturated heterocycles. The molecule has 0 spiro atoms. The number of para-hydroxylation sites is 1. The maximum Gasteiger partial charge on any atom is 0.258 e. The minimum absolute atomic E-state index is 0.134. The highest BCUT2D eigenvalue weighted by Gasteiger charge is 2.33. The van der Waals surface area contributed by atoms with Gasteiger partial charge in [-0.1, -0.05) is 54.1 Å². The van der Waals surface area contributed by atoms with Crippen molar-refractivity contribution in [1.29, 1.82) is 0 Å². The van der Waals surface area contributed by atoms with Crippen LogP contribution in [0, 0.1) is 13.8 Å². The minimum Gasteiger partial charge on any atom is -0.302 e. The number of carbonyl (C=O) groups excluding carboxylic acids is 1. The molecule has 0 aliphatic carbocycles. The molecular formula is C29H30N4O3S. The second kappa shape index (κ2) is 9.95. The summed E-state index contributed by atoms with van der Waals surface area (Å²) in [7, 11) is -1.79. The van der Waals surface area contributed by atoms with E-state index < -0.39 is 10.0 Å². The van der Waals surface area contributed by atoms with Gasteiger partial charge in [0.2, 0.25) is 10.0 Å². The molecule has 0 atom stereocenters. The van der Waals surface area contributed by atoms with Crippen LogP contribution in [0.15, 0.2) is 83.8 Å². The summed E-state index contributed by atoms with van der Waals surface area (Å²) in [5, 5.41) is 4.76. The Hall–Kier alpha value is -3.75. The number of hydrogen-bond acceptors (Lipinski definition) is 4. The summed E-state index contributed by atoms with van der Waals surface area (Å²) < 4.78 is 30.4. The van der Waals surface area contributed by atoms with E-state index in [4.69, 9.17) is 5.10 Å². The molecule has 2 heterocycles. The van der Waals surface area contributed by atoms with Crippen LogP contribution in [0.3, 0.4) is 0 Å². The molecule has 0 fully saturated rings. The average Bonchev–Trinajstić information content (AvgIpc) is 3.22. The molecule has 0 N–H and O–H groups in total. The van der Waals surface area contributed by atoms with Crippen LogP contribution in [-0.4, -0.2) is 35.0 Å². The van der Waals surface area contributed by atoms with Crippen LogP contribution in [0.2, 0.25) is 0 Å². The van der Waals surface area contributed by atoms with Gasteiger partial charge in [0.15, 0.2) is 0 Å². The van der Waals surface area contributed by atoms with Gasteiger partial charge in [0.05, 0.1) is 17.1 Å². The topological polar surface area (TPSA) is 75.5 Å². The van der Waals surface area contributed by atoms with Crippen LogP contribution in [-0.2, 0) is 36.6 Å². The molecule has 1 aromatic heterocycles. The lowest BCUT2D eigenvalue weighted by atomic mass is 10.1. The van der Waals surface area contributed by atoms with Crippen LogP contribution < -0.4 is 4.90 Å². The largest absolute Gasteiger partial charge is 0.302 e. The lowest BCUT2D eigenvalue weighted by Crippen LogP contribution is -2.37. The van der Waals surface area contributed by atoms with Crippen molar-refractivity contribution in [3.8, 4) is 0 Å². The van der Waals surface area contributed by atoms with Gasteiger partial charge >= 0.3 is 0 Å². The first kappa shape index (κ1) is 24.9. The molecule has 5 rings (SSSR count). The molecule has 0 unspecified atom stereocenters. The second-order valence-electron chi connectivity index (χ2n) is 9.44. The number of aryl methyl sites for hydroxylation is 3. The highest BCUT2D eigenvalue weighted by atomic mass is 32.2. The molecular weight excluding hydrogens is 484 g/mol. The summed E-state index contributed by atoms with van der Waals surface area (Å²) in [6.45, 7) is 4.63. The van der Waals surface area contributed by atoms with Crippen LogP contribution in [0.25, 0.3) is 0 Å². The Morgan fingerprint density at radius 2 is 1.62 bits per heavy atom. The third-order valence-corrected chi connectivity index (χ3v) is 8.93. The SMILES string of the molecule is Cc1ccc(C(=O)N(Cc2nn(C)c3c2CN(S(=O)(=O)c2ccccc2C)CC3)c2ccccc2)cc1. The number of carbonyl (C=O) groups is 1. The predicted molar refractivity (Wildman–Crippen MR) is 144 cm³/mol. The minimum atomic E-state index is -3.67. The maximum atomic E-state index is 13.7. The monoisotopic (exact) mass is 514 g/mol. The van der Waals surface area contributed by atoms with Gasteiger partial charge in [-0.2, -0.15) is 9.40 Å². The van der Waals surface area contributed by atoms with Gasteiger partial charge in [-0.15, -0.1) is 0 Å². The summed E-state index contributed by atoms with van der Waals surface area (Å²) in [4.78, 5) is 15.7. The third-order valence-electron chi connectivity index (χ3n) is 6.92. The first-order valence-corrected chi connectivity index (χ1v) is 13.7. The molecule has 1 aliphatic heterocycles. The first-order chi connectivity index (χ1) is 17.8. The molecule has 8 heteroatoms. The van der Waals surface area contributed by atoms with Crippen LogP contribution in [0.4, 0.5) is 5.69 Å². The second-order valence-corrected chi connectivity index (χ2v) is 11.3. The summed E-state index contributed by atoms with van der Waals surface area (Å²) in [5.74, 6) is -0.134. The van der Waals surface area contributed by atoms with Crippen molar-refractivity contribution in [2.24, 2.45) is 7.05 Å². The molecule has 4 aromatic rings. The molecule has 37 heavy (non-hydrogen) atoms. The first-order valence-electron chi connectivity index (χ1n) is 12.3. The number of nitrogens with zero attached hydrogens (tertiary/aromatic N) is 4. The fourth-order valence-electron chi connectivity index (χ4n) is 4.85. The van der Waals surface area contributed by atoms with Gasteiger partial charge < -0.3 is 4.90 Å². The summed E-state index contributed by atoms with van der Waals surface area (Å²) in [6, 6.07) is 24.1. The highest BCUT2D eigenvalue weighted by Crippen LogP contribution is 2.30. The average molecular weight is 515 g/mol. The highest BCUT2D eigenvalue weighted by molar-refractivity contribution is 7.89. The number of aromatic nitrogens is 2. The van der Waals surface area contributed by atoms with Crippen LogP contribution in [0.1, 0.15) is 38.4 Å². The zero-order valence-corrected chi connectivity index (χ0v) is 22.1. The quantitative estimate of drug-likeness (QED) is 0.376. The fraction of sp³-hybridized carbons (Fsp3) is 0.241. The molecule has 190 valence electrons. The lowest BCUT2D eigenvalue weighted by molar-refractivity contribution is 0.0984. The molecule has 7 nitrogen and oxygen atoms in total. The van der Waals surface area contributed by atoms with Crippen molar-refractivity contribution in [3.63, 3.8) is 0 Å². The zero-order chi connectivity index (χ0) is 26.2. The number of sulfonamides is 1. The van der Waals surface area contributed by atoms with Crippen LogP contribution in [0.5, 0.6) is 0 Å². The predicted octanol–water partition coefficient (Wildman–Crippen LogP) is 4.63. The van der Waals surface area contributed by atoms with Gasteiger partial charge in [-0.05, 0) is 49.7 Å². The van der Waals surface area contributed by atoms with Gasteiger partial charge in [0, 0.05) is 49.1 Å². The Kier molecular flexibility index (Phi) is 6.70. The molecule has 1 aliphatic rings. The van der Waals surface area contributed by atoms with E-state index in [0.29, 0.717) is 29.1 Å². The van der Waals surface area contributed by atoms with E-state index in [0.717, 1.165) is 28.1 Å². The van der Waals surface area contributed by atoms with Crippen molar-refractivity contribution < 1.29 is 13.2 Å². The Labute approximate surface area is 218 Å². The van der Waals surface area contributed by atoms with E-state index in [9.17, 15) is 13.2 Å². The Morgan fingerprint density at radius 1 is 0.946 bits per heavy atom. The normalized spacial score (nSPS) is 13.8. The molecule has 0 radical (unpaired) electrons. The summed E-state index contributed by atoms with van der Waals surface area (Å²) in [6.07, 6.45) is 0.557. The Morgan fingerprint density at radius 3 is 2.32 bits per heavy atom. The number of hydrogen-bond donors (Lipinski definition) is 0. The number of fused-ring (bicyclic) bond motifs is 1. The fourth-order valence-corrected chi connectivity index (χ4v) is 6.49. The van der Waals surface area contributed by atoms with Crippen molar-refractivity contribution in [2.45, 2.75) is 38.3 Å². The van der Waals surface area contributed by atoms with E-state index in [1.807, 2.05) is 92.3 Å². The van der Waals surface area contributed by atoms with E-state index in [1.165, 1.54) is 4.31 Å². The van der Waals surface area contributed by atoms with Gasteiger partial charge in [-0.3, -0.25) is 9.48 Å². The zero-order valence-electron chi connectivity index (χ0n) is 21.3. The van der Waals surface area contributed by atoms with Crippen molar-refractivity contribution in [1.82, 2.24) is 14.1 Å². The molecule has 3 aromatic carbocycles. The van der Waals surface area contributed by atoms with E-state index in [-0.39, 0.29) is 19.0 Å². The summed E-state index contributed by atoms with van der Waals surface area (Å²) in [5.41, 5.74) is 5.71. The van der Waals surface area contributed by atoms with Crippen molar-refractivity contribution >= 4 is 21.6 Å². The van der Waals surface area contributed by atoms with Crippen LogP contribution >= 0.6 is 0 Å². The van der Waals surface area contributed by atoms with E-state index in [2.05, 4.69) is 0 Å². The van der Waals surface area contributed by atoms with Gasteiger partial charge in [0.25, 0.3) is 5.91 Å². The smallest absolute Gasteiger partial charge is 0.258 e. The standard InChI is InChI=1S/C29H30N4O3S/c1-21-13-15-23(16-14-21)29(34)33(24-10-5-4-6-11-24)20-26-25-19-32(18-17-27(25)31(3)30-26)37(35,36)28-12-8-7-9-22(28)2/h4-16H,17-20H2,1-3H3.